The molecule has 0 bridgehead atoms. The van der Waals surface area contributed by atoms with Crippen molar-refractivity contribution in [2.45, 2.75) is 19.9 Å². The van der Waals surface area contributed by atoms with Gasteiger partial charge in [-0.05, 0) is 60.4 Å². The first kappa shape index (κ1) is 20.3. The molecule has 3 heterocycles. The van der Waals surface area contributed by atoms with Crippen LogP contribution in [0.1, 0.15) is 32.6 Å². The number of pyridine rings is 1. The van der Waals surface area contributed by atoms with Crippen LogP contribution >= 0.6 is 0 Å². The van der Waals surface area contributed by atoms with Gasteiger partial charge in [0.15, 0.2) is 5.76 Å². The number of methoxy groups -OCH3 is 1. The minimum atomic E-state index is -0.0977. The Balaban J connectivity index is 1.37. The lowest BCUT2D eigenvalue weighted by Crippen LogP contribution is -2.33. The molecule has 6 nitrogen and oxygen atoms in total. The smallest absolute Gasteiger partial charge is 0.232 e. The monoisotopic (exact) mass is 428 g/mol. The Bertz CT molecular complexity index is 1190. The summed E-state index contributed by atoms with van der Waals surface area (Å²) in [5.41, 5.74) is 4.48. The SMILES string of the molecule is COc1ccc(CCN2COc3cc(C)c4c(c3C2)O/C(=C/c2cccnc2)C4=O)cc1. The fourth-order valence-electron chi connectivity index (χ4n) is 4.11. The second-order valence-corrected chi connectivity index (χ2v) is 8.02. The summed E-state index contributed by atoms with van der Waals surface area (Å²) >= 11 is 0. The molecule has 0 saturated heterocycles. The number of benzene rings is 2. The molecular weight excluding hydrogens is 404 g/mol. The summed E-state index contributed by atoms with van der Waals surface area (Å²) in [6.07, 6.45) is 6.04. The third-order valence-corrected chi connectivity index (χ3v) is 5.85. The predicted molar refractivity (Wildman–Crippen MR) is 121 cm³/mol. The topological polar surface area (TPSA) is 60.9 Å². The highest BCUT2D eigenvalue weighted by Crippen LogP contribution is 2.44. The zero-order valence-electron chi connectivity index (χ0n) is 18.1. The van der Waals surface area contributed by atoms with Crippen LogP contribution in [0, 0.1) is 6.92 Å². The van der Waals surface area contributed by atoms with Gasteiger partial charge in [-0.1, -0.05) is 18.2 Å². The maximum atomic E-state index is 13.1. The van der Waals surface area contributed by atoms with Crippen LogP contribution in [-0.4, -0.2) is 36.1 Å². The molecule has 162 valence electrons. The number of ether oxygens (including phenoxy) is 3. The Morgan fingerprint density at radius 1 is 1.22 bits per heavy atom. The molecule has 3 aromatic rings. The van der Waals surface area contributed by atoms with E-state index in [-0.39, 0.29) is 5.78 Å². The van der Waals surface area contributed by atoms with E-state index in [0.29, 0.717) is 30.3 Å². The normalized spacial score (nSPS) is 16.3. The number of Topliss-reactive ketones (excluding diaryl/α,β-unsaturated/α-hetero) is 1. The molecule has 0 N–H and O–H groups in total. The molecule has 2 aromatic carbocycles. The largest absolute Gasteiger partial charge is 0.497 e. The molecule has 0 amide bonds. The van der Waals surface area contributed by atoms with Crippen molar-refractivity contribution in [3.63, 3.8) is 0 Å². The van der Waals surface area contributed by atoms with E-state index in [9.17, 15) is 4.79 Å². The fourth-order valence-corrected chi connectivity index (χ4v) is 4.11. The van der Waals surface area contributed by atoms with Crippen LogP contribution < -0.4 is 14.2 Å². The molecular formula is C26H24N2O4. The van der Waals surface area contributed by atoms with Gasteiger partial charge in [0, 0.05) is 25.5 Å². The van der Waals surface area contributed by atoms with E-state index in [1.807, 2.05) is 37.3 Å². The van der Waals surface area contributed by atoms with Crippen molar-refractivity contribution in [1.82, 2.24) is 9.88 Å². The summed E-state index contributed by atoms with van der Waals surface area (Å²) < 4.78 is 17.4. The van der Waals surface area contributed by atoms with Gasteiger partial charge in [0.1, 0.15) is 24.0 Å². The van der Waals surface area contributed by atoms with Gasteiger partial charge in [-0.15, -0.1) is 0 Å². The van der Waals surface area contributed by atoms with Gasteiger partial charge in [0.25, 0.3) is 0 Å². The number of ketones is 1. The number of carbonyl (C=O) groups is 1. The zero-order chi connectivity index (χ0) is 22.1. The lowest BCUT2D eigenvalue weighted by atomic mass is 9.98. The Hall–Kier alpha value is -3.64. The van der Waals surface area contributed by atoms with Crippen LogP contribution in [0.15, 0.2) is 60.6 Å². The predicted octanol–water partition coefficient (Wildman–Crippen LogP) is 4.41. The Morgan fingerprint density at radius 2 is 2.06 bits per heavy atom. The van der Waals surface area contributed by atoms with Gasteiger partial charge in [0.05, 0.1) is 18.2 Å². The number of hydrogen-bond donors (Lipinski definition) is 0. The minimum absolute atomic E-state index is 0.0977. The lowest BCUT2D eigenvalue weighted by molar-refractivity contribution is 0.0949. The van der Waals surface area contributed by atoms with Crippen molar-refractivity contribution in [1.29, 1.82) is 0 Å². The minimum Gasteiger partial charge on any atom is -0.497 e. The molecule has 0 spiro atoms. The maximum Gasteiger partial charge on any atom is 0.232 e. The number of aryl methyl sites for hydroxylation is 1. The van der Waals surface area contributed by atoms with E-state index in [2.05, 4.69) is 22.0 Å². The van der Waals surface area contributed by atoms with Gasteiger partial charge < -0.3 is 14.2 Å². The van der Waals surface area contributed by atoms with E-state index in [4.69, 9.17) is 14.2 Å². The highest BCUT2D eigenvalue weighted by Gasteiger charge is 2.35. The van der Waals surface area contributed by atoms with Crippen molar-refractivity contribution < 1.29 is 19.0 Å². The third-order valence-electron chi connectivity index (χ3n) is 5.85. The Labute approximate surface area is 187 Å². The number of nitrogens with zero attached hydrogens (tertiary/aromatic N) is 2. The number of allylic oxidation sites excluding steroid dienone is 1. The first-order valence-electron chi connectivity index (χ1n) is 10.6. The molecule has 0 aliphatic carbocycles. The van der Waals surface area contributed by atoms with Crippen molar-refractivity contribution >= 4 is 11.9 Å². The van der Waals surface area contributed by atoms with E-state index in [0.717, 1.165) is 41.2 Å². The second-order valence-electron chi connectivity index (χ2n) is 8.02. The summed E-state index contributed by atoms with van der Waals surface area (Å²) in [4.78, 5) is 19.4. The molecule has 0 fully saturated rings. The average molecular weight is 428 g/mol. The highest BCUT2D eigenvalue weighted by molar-refractivity contribution is 6.15. The lowest BCUT2D eigenvalue weighted by Gasteiger charge is -2.30. The van der Waals surface area contributed by atoms with E-state index in [1.165, 1.54) is 5.56 Å². The van der Waals surface area contributed by atoms with Crippen LogP contribution in [0.25, 0.3) is 6.08 Å². The molecule has 0 atom stereocenters. The second kappa shape index (κ2) is 8.48. The van der Waals surface area contributed by atoms with Crippen molar-refractivity contribution in [3.8, 4) is 17.2 Å². The van der Waals surface area contributed by atoms with Crippen LogP contribution in [0.4, 0.5) is 0 Å². The summed E-state index contributed by atoms with van der Waals surface area (Å²) in [5, 5.41) is 0. The molecule has 0 unspecified atom stereocenters. The number of carbonyl (C=O) groups excluding carboxylic acids is 1. The number of rotatable bonds is 5. The van der Waals surface area contributed by atoms with Crippen LogP contribution in [-0.2, 0) is 13.0 Å². The van der Waals surface area contributed by atoms with Crippen LogP contribution in [0.2, 0.25) is 0 Å². The van der Waals surface area contributed by atoms with Gasteiger partial charge in [0.2, 0.25) is 5.78 Å². The summed E-state index contributed by atoms with van der Waals surface area (Å²) in [6, 6.07) is 13.8. The third kappa shape index (κ3) is 3.85. The summed E-state index contributed by atoms with van der Waals surface area (Å²) in [7, 11) is 1.67. The summed E-state index contributed by atoms with van der Waals surface area (Å²) in [6.45, 7) is 3.93. The van der Waals surface area contributed by atoms with Crippen molar-refractivity contribution in [2.24, 2.45) is 0 Å². The first-order chi connectivity index (χ1) is 15.6. The quantitative estimate of drug-likeness (QED) is 0.561. The van der Waals surface area contributed by atoms with E-state index >= 15 is 0 Å². The number of hydrogen-bond acceptors (Lipinski definition) is 6. The first-order valence-corrected chi connectivity index (χ1v) is 10.6. The van der Waals surface area contributed by atoms with Gasteiger partial charge >= 0.3 is 0 Å². The zero-order valence-corrected chi connectivity index (χ0v) is 18.1. The summed E-state index contributed by atoms with van der Waals surface area (Å²) in [5.74, 6) is 2.48. The molecule has 32 heavy (non-hydrogen) atoms. The molecule has 0 radical (unpaired) electrons. The average Bonchev–Trinajstić information content (AvgIpc) is 3.15. The molecule has 0 saturated carbocycles. The Kier molecular flexibility index (Phi) is 5.37. The molecule has 5 rings (SSSR count). The standard InChI is InChI=1S/C26H24N2O4/c1-17-12-22-21(15-28(16-31-22)11-9-18-5-7-20(30-2)8-6-18)26-24(17)25(29)23(32-26)13-19-4-3-10-27-14-19/h3-8,10,12-14H,9,11,15-16H2,1-2H3/b23-13+. The number of fused-ring (bicyclic) bond motifs is 3. The van der Waals surface area contributed by atoms with Crippen LogP contribution in [0.3, 0.4) is 0 Å². The number of aromatic nitrogens is 1. The van der Waals surface area contributed by atoms with Crippen LogP contribution in [0.5, 0.6) is 17.2 Å². The molecule has 2 aliphatic rings. The van der Waals surface area contributed by atoms with Gasteiger partial charge in [-0.2, -0.15) is 0 Å². The van der Waals surface area contributed by atoms with Crippen molar-refractivity contribution in [3.05, 3.63) is 88.4 Å². The highest BCUT2D eigenvalue weighted by atomic mass is 16.5. The molecule has 2 aliphatic heterocycles. The fraction of sp³-hybridized carbons (Fsp3) is 0.231. The Morgan fingerprint density at radius 3 is 2.81 bits per heavy atom. The molecule has 6 heteroatoms. The molecule has 1 aromatic heterocycles. The van der Waals surface area contributed by atoms with E-state index in [1.54, 1.807) is 25.6 Å². The van der Waals surface area contributed by atoms with Gasteiger partial charge in [-0.3, -0.25) is 14.7 Å². The van der Waals surface area contributed by atoms with Crippen molar-refractivity contribution in [2.75, 3.05) is 20.4 Å². The van der Waals surface area contributed by atoms with E-state index < -0.39 is 0 Å². The van der Waals surface area contributed by atoms with Gasteiger partial charge in [-0.25, -0.2) is 0 Å². The maximum absolute atomic E-state index is 13.1.